The second kappa shape index (κ2) is 4.84. The van der Waals surface area contributed by atoms with E-state index in [1.807, 2.05) is 0 Å². The Balaban J connectivity index is 1.75. The van der Waals surface area contributed by atoms with Crippen LogP contribution < -0.4 is 4.74 Å². The molecule has 0 amide bonds. The van der Waals surface area contributed by atoms with Crippen LogP contribution in [0, 0.1) is 24.2 Å². The van der Waals surface area contributed by atoms with E-state index in [0.717, 1.165) is 31.4 Å². The normalized spacial score (nSPS) is 36.5. The van der Waals surface area contributed by atoms with E-state index in [1.54, 1.807) is 12.7 Å². The summed E-state index contributed by atoms with van der Waals surface area (Å²) in [4.78, 5) is 12.4. The van der Waals surface area contributed by atoms with Crippen molar-refractivity contribution in [1.82, 2.24) is 0 Å². The fraction of sp³-hybridized carbons (Fsp3) is 0.650. The van der Waals surface area contributed by atoms with Gasteiger partial charge in [0.1, 0.15) is 11.5 Å². The van der Waals surface area contributed by atoms with E-state index >= 15 is 0 Å². The first kappa shape index (κ1) is 14.3. The summed E-state index contributed by atoms with van der Waals surface area (Å²) < 4.78 is 5.45. The minimum absolute atomic E-state index is 0.0148. The summed E-state index contributed by atoms with van der Waals surface area (Å²) in [5.41, 5.74) is 4.44. The average molecular weight is 298 g/mol. The summed E-state index contributed by atoms with van der Waals surface area (Å²) in [7, 11) is 1.75. The molecule has 4 rings (SSSR count). The Kier molecular flexibility index (Phi) is 3.15. The van der Waals surface area contributed by atoms with Gasteiger partial charge in [0, 0.05) is 11.8 Å². The molecule has 0 N–H and O–H groups in total. The predicted molar refractivity (Wildman–Crippen MR) is 87.4 cm³/mol. The Morgan fingerprint density at radius 3 is 2.77 bits per heavy atom. The van der Waals surface area contributed by atoms with Crippen LogP contribution in [-0.4, -0.2) is 12.9 Å². The summed E-state index contributed by atoms with van der Waals surface area (Å²) in [5, 5.41) is 0. The third-order valence-corrected chi connectivity index (χ3v) is 6.95. The molecule has 0 radical (unpaired) electrons. The smallest absolute Gasteiger partial charge is 0.139 e. The monoisotopic (exact) mass is 298 g/mol. The van der Waals surface area contributed by atoms with Gasteiger partial charge in [-0.25, -0.2) is 0 Å². The van der Waals surface area contributed by atoms with Crippen molar-refractivity contribution in [3.63, 3.8) is 0 Å². The molecule has 0 heterocycles. The summed E-state index contributed by atoms with van der Waals surface area (Å²) >= 11 is 0. The molecule has 0 saturated heterocycles. The number of carbonyl (C=O) groups excluding carboxylic acids is 1. The second-order valence-corrected chi connectivity index (χ2v) is 7.85. The number of benzene rings is 1. The Labute approximate surface area is 133 Å². The molecule has 3 aliphatic carbocycles. The Morgan fingerprint density at radius 1 is 1.18 bits per heavy atom. The number of ether oxygens (including phenoxy) is 1. The molecule has 0 bridgehead atoms. The molecule has 2 saturated carbocycles. The lowest BCUT2D eigenvalue weighted by Crippen LogP contribution is -2.42. The lowest BCUT2D eigenvalue weighted by molar-refractivity contribution is -0.129. The Hall–Kier alpha value is -1.31. The van der Waals surface area contributed by atoms with Gasteiger partial charge < -0.3 is 4.74 Å². The third-order valence-electron chi connectivity index (χ3n) is 6.95. The molecule has 0 unspecified atom stereocenters. The van der Waals surface area contributed by atoms with Gasteiger partial charge >= 0.3 is 0 Å². The molecular weight excluding hydrogens is 272 g/mol. The first-order valence-electron chi connectivity index (χ1n) is 8.75. The minimum Gasteiger partial charge on any atom is -0.497 e. The van der Waals surface area contributed by atoms with E-state index in [4.69, 9.17) is 4.74 Å². The van der Waals surface area contributed by atoms with Crippen molar-refractivity contribution in [3.8, 4) is 5.75 Å². The van der Waals surface area contributed by atoms with Gasteiger partial charge in [-0.2, -0.15) is 0 Å². The van der Waals surface area contributed by atoms with E-state index < -0.39 is 0 Å². The maximum Gasteiger partial charge on any atom is 0.139 e. The number of carbonyl (C=O) groups is 1. The largest absolute Gasteiger partial charge is 0.497 e. The predicted octanol–water partition coefficient (Wildman–Crippen LogP) is 4.43. The molecule has 0 aliphatic heterocycles. The van der Waals surface area contributed by atoms with Crippen molar-refractivity contribution in [3.05, 3.63) is 28.8 Å². The van der Waals surface area contributed by atoms with Crippen LogP contribution in [0.15, 0.2) is 12.1 Å². The molecule has 22 heavy (non-hydrogen) atoms. The Morgan fingerprint density at radius 2 is 2.00 bits per heavy atom. The van der Waals surface area contributed by atoms with Crippen LogP contribution in [0.2, 0.25) is 0 Å². The number of aryl methyl sites for hydroxylation is 2. The van der Waals surface area contributed by atoms with Crippen molar-refractivity contribution in [2.24, 2.45) is 17.3 Å². The van der Waals surface area contributed by atoms with Gasteiger partial charge in [-0.05, 0) is 85.6 Å². The number of ketones is 1. The van der Waals surface area contributed by atoms with Gasteiger partial charge in [0.05, 0.1) is 7.11 Å². The minimum atomic E-state index is -0.0148. The fourth-order valence-corrected chi connectivity index (χ4v) is 5.83. The van der Waals surface area contributed by atoms with Crippen LogP contribution in [0.5, 0.6) is 5.75 Å². The van der Waals surface area contributed by atoms with E-state index in [-0.39, 0.29) is 5.41 Å². The van der Waals surface area contributed by atoms with E-state index in [9.17, 15) is 4.79 Å². The summed E-state index contributed by atoms with van der Waals surface area (Å²) in [6.07, 6.45) is 6.61. The van der Waals surface area contributed by atoms with E-state index in [1.165, 1.54) is 24.0 Å². The number of fused-ring (bicyclic) bond motifs is 5. The average Bonchev–Trinajstić information content (AvgIpc) is 2.82. The van der Waals surface area contributed by atoms with Crippen LogP contribution >= 0.6 is 0 Å². The molecule has 2 nitrogen and oxygen atoms in total. The van der Waals surface area contributed by atoms with Crippen molar-refractivity contribution >= 4 is 5.78 Å². The fourth-order valence-electron chi connectivity index (χ4n) is 5.83. The molecule has 0 spiro atoms. The number of rotatable bonds is 1. The SMILES string of the molecule is COc1cc(C)c2c(c1)CC[C@H]1[C@@H]2CC[C@]2(C)C(=O)CC[C@@H]12. The second-order valence-electron chi connectivity index (χ2n) is 7.85. The molecule has 1 aromatic carbocycles. The first-order chi connectivity index (χ1) is 10.5. The quantitative estimate of drug-likeness (QED) is 0.766. The van der Waals surface area contributed by atoms with Crippen molar-refractivity contribution < 1.29 is 9.53 Å². The van der Waals surface area contributed by atoms with E-state index in [0.29, 0.717) is 23.5 Å². The zero-order chi connectivity index (χ0) is 15.5. The van der Waals surface area contributed by atoms with Crippen LogP contribution in [0.1, 0.15) is 61.6 Å². The van der Waals surface area contributed by atoms with Gasteiger partial charge in [0.15, 0.2) is 0 Å². The molecule has 2 fully saturated rings. The van der Waals surface area contributed by atoms with Gasteiger partial charge in [-0.3, -0.25) is 4.79 Å². The highest BCUT2D eigenvalue weighted by Gasteiger charge is 2.54. The third kappa shape index (κ3) is 1.82. The molecule has 3 aliphatic rings. The topological polar surface area (TPSA) is 26.3 Å². The highest BCUT2D eigenvalue weighted by atomic mass is 16.5. The standard InChI is InChI=1S/C20H26O2/c1-12-10-14(22-3)11-13-4-5-15-16(19(12)13)8-9-20(2)17(15)6-7-18(20)21/h10-11,15-17H,4-9H2,1-3H3/t15-,16-,17-,20-/m0/s1. The number of methoxy groups -OCH3 is 1. The summed E-state index contributed by atoms with van der Waals surface area (Å²) in [6.45, 7) is 4.48. The lowest BCUT2D eigenvalue weighted by Gasteiger charge is -2.48. The Bertz CT molecular complexity index is 633. The highest BCUT2D eigenvalue weighted by molar-refractivity contribution is 5.87. The van der Waals surface area contributed by atoms with Gasteiger partial charge in [-0.15, -0.1) is 0 Å². The van der Waals surface area contributed by atoms with Crippen molar-refractivity contribution in [2.75, 3.05) is 7.11 Å². The molecule has 2 heteroatoms. The number of hydrogen-bond donors (Lipinski definition) is 0. The van der Waals surface area contributed by atoms with Crippen LogP contribution in [0.4, 0.5) is 0 Å². The number of hydrogen-bond acceptors (Lipinski definition) is 2. The van der Waals surface area contributed by atoms with Crippen molar-refractivity contribution in [1.29, 1.82) is 0 Å². The van der Waals surface area contributed by atoms with Gasteiger partial charge in [0.2, 0.25) is 0 Å². The highest BCUT2D eigenvalue weighted by Crippen LogP contribution is 2.60. The zero-order valence-electron chi connectivity index (χ0n) is 13.9. The maximum absolute atomic E-state index is 12.4. The summed E-state index contributed by atoms with van der Waals surface area (Å²) in [6, 6.07) is 4.43. The van der Waals surface area contributed by atoms with Gasteiger partial charge in [0.25, 0.3) is 0 Å². The van der Waals surface area contributed by atoms with E-state index in [2.05, 4.69) is 26.0 Å². The molecular formula is C20H26O2. The van der Waals surface area contributed by atoms with Crippen LogP contribution in [0.25, 0.3) is 0 Å². The molecule has 118 valence electrons. The van der Waals surface area contributed by atoms with Crippen LogP contribution in [-0.2, 0) is 11.2 Å². The van der Waals surface area contributed by atoms with Crippen LogP contribution in [0.3, 0.4) is 0 Å². The zero-order valence-corrected chi connectivity index (χ0v) is 13.9. The first-order valence-corrected chi connectivity index (χ1v) is 8.75. The van der Waals surface area contributed by atoms with Crippen molar-refractivity contribution in [2.45, 2.75) is 58.3 Å². The summed E-state index contributed by atoms with van der Waals surface area (Å²) in [5.74, 6) is 3.52. The molecule has 1 aromatic rings. The number of Topliss-reactive ketones (excluding diaryl/α,β-unsaturated/α-hetero) is 1. The molecule has 4 atom stereocenters. The van der Waals surface area contributed by atoms with Gasteiger partial charge in [-0.1, -0.05) is 6.92 Å². The maximum atomic E-state index is 12.4. The lowest BCUT2D eigenvalue weighted by atomic mass is 9.55. The molecule has 0 aromatic heterocycles.